The molecule has 0 aliphatic rings. The average molecular weight is 472 g/mol. The zero-order valence-corrected chi connectivity index (χ0v) is 20.1. The number of nitrogens with one attached hydrogen (secondary N) is 1. The number of ether oxygens (including phenoxy) is 1. The summed E-state index contributed by atoms with van der Waals surface area (Å²) in [4.78, 5) is 10.7. The molecule has 3 N–H and O–H groups in total. The minimum absolute atomic E-state index is 0.485. The molecular formula is C27H29N5OS. The van der Waals surface area contributed by atoms with Gasteiger partial charge in [-0.2, -0.15) is 0 Å². The van der Waals surface area contributed by atoms with E-state index in [0.717, 1.165) is 60.1 Å². The summed E-state index contributed by atoms with van der Waals surface area (Å²) in [5.41, 5.74) is 9.06. The van der Waals surface area contributed by atoms with Crippen molar-refractivity contribution < 1.29 is 4.74 Å². The highest BCUT2D eigenvalue weighted by Gasteiger charge is 2.17. The van der Waals surface area contributed by atoms with Gasteiger partial charge in [-0.15, -0.1) is 0 Å². The van der Waals surface area contributed by atoms with Gasteiger partial charge in [-0.3, -0.25) is 4.72 Å². The molecule has 0 saturated heterocycles. The van der Waals surface area contributed by atoms with E-state index in [1.54, 1.807) is 19.1 Å². The van der Waals surface area contributed by atoms with Crippen LogP contribution in [-0.4, -0.2) is 34.8 Å². The SMILES string of the molecule is COCCc1nc2c(N)nc3ccccc3c2n1CCCCNSc1cccc2ccccc12. The highest BCUT2D eigenvalue weighted by Crippen LogP contribution is 2.29. The number of nitrogens with two attached hydrogens (primary N) is 1. The van der Waals surface area contributed by atoms with Crippen molar-refractivity contribution in [2.24, 2.45) is 0 Å². The Kier molecular flexibility index (Phi) is 6.94. The van der Waals surface area contributed by atoms with Crippen molar-refractivity contribution in [3.8, 4) is 0 Å². The Labute approximate surface area is 203 Å². The van der Waals surface area contributed by atoms with E-state index in [0.29, 0.717) is 12.4 Å². The zero-order chi connectivity index (χ0) is 23.3. The molecule has 2 heterocycles. The minimum Gasteiger partial charge on any atom is -0.384 e. The number of nitrogens with zero attached hydrogens (tertiary/aromatic N) is 3. The average Bonchev–Trinajstić information content (AvgIpc) is 3.24. The van der Waals surface area contributed by atoms with Gasteiger partial charge in [0, 0.05) is 36.9 Å². The first-order valence-electron chi connectivity index (χ1n) is 11.7. The second kappa shape index (κ2) is 10.4. The molecule has 0 aliphatic carbocycles. The molecule has 3 aromatic carbocycles. The lowest BCUT2D eigenvalue weighted by Gasteiger charge is -2.11. The summed E-state index contributed by atoms with van der Waals surface area (Å²) < 4.78 is 11.2. The van der Waals surface area contributed by atoms with Crippen molar-refractivity contribution in [1.29, 1.82) is 0 Å². The molecule has 5 aromatic rings. The first-order chi connectivity index (χ1) is 16.8. The number of fused-ring (bicyclic) bond motifs is 4. The van der Waals surface area contributed by atoms with Gasteiger partial charge in [0.25, 0.3) is 0 Å². The minimum atomic E-state index is 0.485. The lowest BCUT2D eigenvalue weighted by molar-refractivity contribution is 0.199. The molecule has 0 amide bonds. The normalized spacial score (nSPS) is 11.7. The molecule has 6 nitrogen and oxygen atoms in total. The molecule has 0 bridgehead atoms. The Morgan fingerprint density at radius 3 is 2.62 bits per heavy atom. The highest BCUT2D eigenvalue weighted by atomic mass is 32.2. The summed E-state index contributed by atoms with van der Waals surface area (Å²) >= 11 is 1.71. The maximum atomic E-state index is 6.29. The van der Waals surface area contributed by atoms with Crippen LogP contribution in [-0.2, 0) is 17.7 Å². The number of rotatable bonds is 10. The number of hydrogen-bond donors (Lipinski definition) is 2. The topological polar surface area (TPSA) is 78.0 Å². The molecule has 2 aromatic heterocycles. The van der Waals surface area contributed by atoms with Crippen LogP contribution in [0.3, 0.4) is 0 Å². The van der Waals surface area contributed by atoms with E-state index in [1.807, 2.05) is 18.2 Å². The number of hydrogen-bond acceptors (Lipinski definition) is 6. The number of aromatic nitrogens is 3. The van der Waals surface area contributed by atoms with Crippen molar-refractivity contribution in [2.45, 2.75) is 30.7 Å². The number of para-hydroxylation sites is 1. The summed E-state index contributed by atoms with van der Waals surface area (Å²) in [6.07, 6.45) is 2.83. The van der Waals surface area contributed by atoms with Gasteiger partial charge >= 0.3 is 0 Å². The summed E-state index contributed by atoms with van der Waals surface area (Å²) in [7, 11) is 1.72. The molecule has 0 fully saturated rings. The standard InChI is InChI=1S/C27H29N5OS/c1-33-18-15-24-31-25-26(21-12-4-5-13-22(21)30-27(25)28)32(24)17-7-6-16-29-34-23-14-8-10-19-9-2-3-11-20(19)23/h2-5,8-14,29H,6-7,15-18H2,1H3,(H2,28,30). The quantitative estimate of drug-likeness (QED) is 0.204. The zero-order valence-electron chi connectivity index (χ0n) is 19.3. The maximum Gasteiger partial charge on any atom is 0.152 e. The Bertz CT molecular complexity index is 1430. The van der Waals surface area contributed by atoms with Crippen LogP contribution in [0.15, 0.2) is 71.6 Å². The monoisotopic (exact) mass is 471 g/mol. The maximum absolute atomic E-state index is 6.29. The Hall–Kier alpha value is -3.13. The van der Waals surface area contributed by atoms with E-state index in [2.05, 4.69) is 62.8 Å². The van der Waals surface area contributed by atoms with Crippen LogP contribution in [0.5, 0.6) is 0 Å². The van der Waals surface area contributed by atoms with Crippen LogP contribution in [0, 0.1) is 0 Å². The van der Waals surface area contributed by atoms with Crippen LogP contribution < -0.4 is 10.5 Å². The fraction of sp³-hybridized carbons (Fsp3) is 0.259. The van der Waals surface area contributed by atoms with Gasteiger partial charge in [0.15, 0.2) is 5.82 Å². The first-order valence-corrected chi connectivity index (χ1v) is 12.5. The van der Waals surface area contributed by atoms with Crippen molar-refractivity contribution in [1.82, 2.24) is 19.3 Å². The van der Waals surface area contributed by atoms with Crippen LogP contribution in [0.2, 0.25) is 0 Å². The lowest BCUT2D eigenvalue weighted by Crippen LogP contribution is -2.10. The fourth-order valence-corrected chi connectivity index (χ4v) is 5.25. The van der Waals surface area contributed by atoms with E-state index in [9.17, 15) is 0 Å². The van der Waals surface area contributed by atoms with E-state index >= 15 is 0 Å². The molecule has 0 atom stereocenters. The summed E-state index contributed by atoms with van der Waals surface area (Å²) in [6.45, 7) is 2.43. The molecule has 5 rings (SSSR count). The number of aryl methyl sites for hydroxylation is 1. The molecule has 34 heavy (non-hydrogen) atoms. The highest BCUT2D eigenvalue weighted by molar-refractivity contribution is 7.97. The molecule has 0 spiro atoms. The predicted molar refractivity (Wildman–Crippen MR) is 142 cm³/mol. The van der Waals surface area contributed by atoms with Gasteiger partial charge in [0.1, 0.15) is 11.3 Å². The third-order valence-electron chi connectivity index (χ3n) is 6.06. The fourth-order valence-electron chi connectivity index (χ4n) is 4.41. The van der Waals surface area contributed by atoms with E-state index in [4.69, 9.17) is 15.5 Å². The molecule has 174 valence electrons. The van der Waals surface area contributed by atoms with Crippen molar-refractivity contribution in [3.63, 3.8) is 0 Å². The van der Waals surface area contributed by atoms with Gasteiger partial charge in [0.05, 0.1) is 17.6 Å². The molecule has 7 heteroatoms. The van der Waals surface area contributed by atoms with E-state index < -0.39 is 0 Å². The molecular weight excluding hydrogens is 442 g/mol. The molecule has 0 unspecified atom stereocenters. The number of imidazole rings is 1. The van der Waals surface area contributed by atoms with E-state index in [-0.39, 0.29) is 0 Å². The van der Waals surface area contributed by atoms with Crippen molar-refractivity contribution in [3.05, 3.63) is 72.6 Å². The number of anilines is 1. The number of nitrogen functional groups attached to an aromatic ring is 1. The smallest absolute Gasteiger partial charge is 0.152 e. The molecule has 0 radical (unpaired) electrons. The third kappa shape index (κ3) is 4.59. The van der Waals surface area contributed by atoms with Gasteiger partial charge in [-0.05, 0) is 47.7 Å². The molecule has 0 saturated carbocycles. The third-order valence-corrected chi connectivity index (χ3v) is 6.99. The molecule has 0 aliphatic heterocycles. The number of methoxy groups -OCH3 is 1. The number of pyridine rings is 1. The summed E-state index contributed by atoms with van der Waals surface area (Å²) in [5.74, 6) is 1.49. The number of benzene rings is 3. The van der Waals surface area contributed by atoms with Crippen LogP contribution in [0.4, 0.5) is 5.82 Å². The lowest BCUT2D eigenvalue weighted by atomic mass is 10.1. The van der Waals surface area contributed by atoms with Crippen LogP contribution >= 0.6 is 11.9 Å². The van der Waals surface area contributed by atoms with Crippen molar-refractivity contribution >= 4 is 50.5 Å². The van der Waals surface area contributed by atoms with Crippen LogP contribution in [0.25, 0.3) is 32.7 Å². The Morgan fingerprint density at radius 1 is 0.941 bits per heavy atom. The van der Waals surface area contributed by atoms with E-state index in [1.165, 1.54) is 15.7 Å². The second-order valence-electron chi connectivity index (χ2n) is 8.31. The van der Waals surface area contributed by atoms with Crippen LogP contribution in [0.1, 0.15) is 18.7 Å². The summed E-state index contributed by atoms with van der Waals surface area (Å²) in [6, 6.07) is 23.1. The van der Waals surface area contributed by atoms with Gasteiger partial charge in [-0.1, -0.05) is 54.6 Å². The van der Waals surface area contributed by atoms with Gasteiger partial charge in [-0.25, -0.2) is 9.97 Å². The predicted octanol–water partition coefficient (Wildman–Crippen LogP) is 5.59. The largest absolute Gasteiger partial charge is 0.384 e. The first kappa shape index (κ1) is 22.7. The second-order valence-corrected chi connectivity index (χ2v) is 9.25. The Balaban J connectivity index is 1.28. The Morgan fingerprint density at radius 2 is 1.74 bits per heavy atom. The summed E-state index contributed by atoms with van der Waals surface area (Å²) in [5, 5.41) is 3.65. The van der Waals surface area contributed by atoms with Gasteiger partial charge in [0.2, 0.25) is 0 Å². The number of unbranched alkanes of at least 4 members (excludes halogenated alkanes) is 1. The van der Waals surface area contributed by atoms with Crippen molar-refractivity contribution in [2.75, 3.05) is 26.0 Å². The van der Waals surface area contributed by atoms with Gasteiger partial charge < -0.3 is 15.0 Å².